The van der Waals surface area contributed by atoms with Crippen LogP contribution in [0.3, 0.4) is 0 Å². The summed E-state index contributed by atoms with van der Waals surface area (Å²) in [5, 5.41) is 6.44. The molecule has 20 heavy (non-hydrogen) atoms. The van der Waals surface area contributed by atoms with Crippen LogP contribution in [0.5, 0.6) is 0 Å². The highest BCUT2D eigenvalue weighted by Gasteiger charge is 2.30. The molecule has 0 aliphatic rings. The summed E-state index contributed by atoms with van der Waals surface area (Å²) >= 11 is 3.28. The Kier molecular flexibility index (Phi) is 6.04. The van der Waals surface area contributed by atoms with Crippen LogP contribution in [0.25, 0.3) is 0 Å². The Morgan fingerprint density at radius 3 is 2.30 bits per heavy atom. The quantitative estimate of drug-likeness (QED) is 0.784. The van der Waals surface area contributed by atoms with Crippen LogP contribution >= 0.6 is 15.9 Å². The Hall–Kier alpha value is -0.590. The normalized spacial score (nSPS) is 12.8. The summed E-state index contributed by atoms with van der Waals surface area (Å²) in [5.74, 6) is 0. The summed E-state index contributed by atoms with van der Waals surface area (Å²) in [7, 11) is 0. The predicted molar refractivity (Wildman–Crippen MR) is 78.6 cm³/mol. The molecule has 2 nitrogen and oxygen atoms in total. The smallest absolute Gasteiger partial charge is 0.311 e. The first-order chi connectivity index (χ1) is 9.09. The summed E-state index contributed by atoms with van der Waals surface area (Å²) < 4.78 is 38.6. The number of rotatable bonds is 5. The van der Waals surface area contributed by atoms with Crippen molar-refractivity contribution in [2.45, 2.75) is 39.0 Å². The first-order valence-electron chi connectivity index (χ1n) is 6.41. The van der Waals surface area contributed by atoms with Gasteiger partial charge in [0, 0.05) is 29.6 Å². The highest BCUT2D eigenvalue weighted by Crippen LogP contribution is 2.31. The van der Waals surface area contributed by atoms with E-state index < -0.39 is 11.7 Å². The first kappa shape index (κ1) is 17.5. The average molecular weight is 353 g/mol. The van der Waals surface area contributed by atoms with Gasteiger partial charge in [-0.05, 0) is 44.5 Å². The van der Waals surface area contributed by atoms with Gasteiger partial charge in [0.2, 0.25) is 0 Å². The fourth-order valence-corrected chi connectivity index (χ4v) is 2.02. The van der Waals surface area contributed by atoms with Crippen LogP contribution in [0.2, 0.25) is 0 Å². The Morgan fingerprint density at radius 2 is 1.75 bits per heavy atom. The second-order valence-electron chi connectivity index (χ2n) is 5.66. The fraction of sp³-hybridized carbons (Fsp3) is 0.571. The lowest BCUT2D eigenvalue weighted by Gasteiger charge is -2.20. The molecule has 0 saturated carbocycles. The van der Waals surface area contributed by atoms with Gasteiger partial charge in [0.25, 0.3) is 0 Å². The number of halogens is 4. The Labute approximate surface area is 126 Å². The molecule has 2 N–H and O–H groups in total. The molecule has 0 aliphatic carbocycles. The SMILES string of the molecule is CC(C)(C)NCCNCc1cc(C(F)(F)F)ccc1Br. The zero-order valence-electron chi connectivity index (χ0n) is 11.9. The summed E-state index contributed by atoms with van der Waals surface area (Å²) in [5.41, 5.74) is 0.0271. The number of hydrogen-bond donors (Lipinski definition) is 2. The van der Waals surface area contributed by atoms with Crippen molar-refractivity contribution in [3.05, 3.63) is 33.8 Å². The molecule has 0 atom stereocenters. The van der Waals surface area contributed by atoms with Crippen molar-refractivity contribution in [3.8, 4) is 0 Å². The highest BCUT2D eigenvalue weighted by atomic mass is 79.9. The van der Waals surface area contributed by atoms with Crippen LogP contribution in [0.4, 0.5) is 13.2 Å². The number of hydrogen-bond acceptors (Lipinski definition) is 2. The second kappa shape index (κ2) is 6.91. The van der Waals surface area contributed by atoms with Gasteiger partial charge < -0.3 is 10.6 Å². The lowest BCUT2D eigenvalue weighted by atomic mass is 10.1. The van der Waals surface area contributed by atoms with Gasteiger partial charge in [-0.15, -0.1) is 0 Å². The van der Waals surface area contributed by atoms with E-state index in [0.29, 0.717) is 23.1 Å². The van der Waals surface area contributed by atoms with Crippen molar-refractivity contribution in [1.82, 2.24) is 10.6 Å². The maximum atomic E-state index is 12.6. The zero-order valence-corrected chi connectivity index (χ0v) is 13.5. The van der Waals surface area contributed by atoms with Crippen molar-refractivity contribution in [1.29, 1.82) is 0 Å². The van der Waals surface area contributed by atoms with Gasteiger partial charge in [-0.3, -0.25) is 0 Å². The molecule has 1 rings (SSSR count). The molecule has 1 aromatic rings. The van der Waals surface area contributed by atoms with E-state index in [1.165, 1.54) is 12.1 Å². The second-order valence-corrected chi connectivity index (χ2v) is 6.51. The molecular formula is C14H20BrF3N2. The van der Waals surface area contributed by atoms with Crippen molar-refractivity contribution in [3.63, 3.8) is 0 Å². The van der Waals surface area contributed by atoms with Crippen LogP contribution in [-0.4, -0.2) is 18.6 Å². The van der Waals surface area contributed by atoms with E-state index in [4.69, 9.17) is 0 Å². The van der Waals surface area contributed by atoms with Gasteiger partial charge in [-0.2, -0.15) is 13.2 Å². The number of benzene rings is 1. The minimum absolute atomic E-state index is 0.0401. The Morgan fingerprint density at radius 1 is 1.10 bits per heavy atom. The molecule has 0 aromatic heterocycles. The van der Waals surface area contributed by atoms with Crippen LogP contribution < -0.4 is 10.6 Å². The topological polar surface area (TPSA) is 24.1 Å². The van der Waals surface area contributed by atoms with Crippen LogP contribution in [0.1, 0.15) is 31.9 Å². The largest absolute Gasteiger partial charge is 0.416 e. The van der Waals surface area contributed by atoms with Gasteiger partial charge in [-0.25, -0.2) is 0 Å². The Balaban J connectivity index is 2.52. The molecule has 0 bridgehead atoms. The van der Waals surface area contributed by atoms with E-state index in [0.717, 1.165) is 12.6 Å². The molecular weight excluding hydrogens is 333 g/mol. The van der Waals surface area contributed by atoms with Crippen molar-refractivity contribution >= 4 is 15.9 Å². The molecule has 0 fully saturated rings. The van der Waals surface area contributed by atoms with Gasteiger partial charge in [-0.1, -0.05) is 15.9 Å². The van der Waals surface area contributed by atoms with Crippen LogP contribution in [0, 0.1) is 0 Å². The van der Waals surface area contributed by atoms with E-state index in [2.05, 4.69) is 47.3 Å². The molecule has 6 heteroatoms. The molecule has 1 aromatic carbocycles. The van der Waals surface area contributed by atoms with Gasteiger partial charge in [0.05, 0.1) is 5.56 Å². The molecule has 0 aliphatic heterocycles. The summed E-state index contributed by atoms with van der Waals surface area (Å²) in [6.07, 6.45) is -4.30. The minimum atomic E-state index is -4.30. The molecule has 0 unspecified atom stereocenters. The Bertz CT molecular complexity index is 439. The number of nitrogens with one attached hydrogen (secondary N) is 2. The zero-order chi connectivity index (χ0) is 15.4. The third-order valence-electron chi connectivity index (χ3n) is 2.65. The van der Waals surface area contributed by atoms with E-state index in [1.807, 2.05) is 0 Å². The highest BCUT2D eigenvalue weighted by molar-refractivity contribution is 9.10. The van der Waals surface area contributed by atoms with Crippen molar-refractivity contribution < 1.29 is 13.2 Å². The lowest BCUT2D eigenvalue weighted by Crippen LogP contribution is -2.40. The van der Waals surface area contributed by atoms with Crippen LogP contribution in [0.15, 0.2) is 22.7 Å². The summed E-state index contributed by atoms with van der Waals surface area (Å²) in [6.45, 7) is 8.06. The number of alkyl halides is 3. The minimum Gasteiger partial charge on any atom is -0.311 e. The maximum absolute atomic E-state index is 12.6. The molecule has 0 heterocycles. The van der Waals surface area contributed by atoms with E-state index in [-0.39, 0.29) is 5.54 Å². The molecule has 0 spiro atoms. The monoisotopic (exact) mass is 352 g/mol. The average Bonchev–Trinajstić information content (AvgIpc) is 2.28. The maximum Gasteiger partial charge on any atom is 0.416 e. The van der Waals surface area contributed by atoms with Gasteiger partial charge in [0.15, 0.2) is 0 Å². The van der Waals surface area contributed by atoms with Crippen molar-refractivity contribution in [2.75, 3.05) is 13.1 Å². The summed E-state index contributed by atoms with van der Waals surface area (Å²) in [4.78, 5) is 0. The van der Waals surface area contributed by atoms with E-state index >= 15 is 0 Å². The summed E-state index contributed by atoms with van der Waals surface area (Å²) in [6, 6.07) is 3.69. The third-order valence-corrected chi connectivity index (χ3v) is 3.42. The van der Waals surface area contributed by atoms with E-state index in [1.54, 1.807) is 0 Å². The molecule has 114 valence electrons. The first-order valence-corrected chi connectivity index (χ1v) is 7.20. The third kappa shape index (κ3) is 6.24. The van der Waals surface area contributed by atoms with E-state index in [9.17, 15) is 13.2 Å². The van der Waals surface area contributed by atoms with Gasteiger partial charge >= 0.3 is 6.18 Å². The van der Waals surface area contributed by atoms with Gasteiger partial charge in [0.1, 0.15) is 0 Å². The van der Waals surface area contributed by atoms with Crippen molar-refractivity contribution in [2.24, 2.45) is 0 Å². The predicted octanol–water partition coefficient (Wildman–Crippen LogP) is 3.95. The van der Waals surface area contributed by atoms with Crippen LogP contribution in [-0.2, 0) is 12.7 Å². The molecule has 0 amide bonds. The molecule has 0 saturated heterocycles. The standard InChI is InChI=1S/C14H20BrF3N2/c1-13(2,3)20-7-6-19-9-10-8-11(14(16,17)18)4-5-12(10)15/h4-5,8,19-20H,6-7,9H2,1-3H3. The molecule has 0 radical (unpaired) electrons. The fourth-order valence-electron chi connectivity index (χ4n) is 1.64. The lowest BCUT2D eigenvalue weighted by molar-refractivity contribution is -0.137.